The summed E-state index contributed by atoms with van der Waals surface area (Å²) in [5.41, 5.74) is 3.56. The number of nitrogens with zero attached hydrogens (tertiary/aromatic N) is 3. The van der Waals surface area contributed by atoms with Gasteiger partial charge in [-0.2, -0.15) is 0 Å². The summed E-state index contributed by atoms with van der Waals surface area (Å²) in [4.78, 5) is 12.4. The molecule has 0 saturated heterocycles. The average molecular weight is 501 g/mol. The molecule has 1 heterocycles. The summed E-state index contributed by atoms with van der Waals surface area (Å²) in [5, 5.41) is 12.9. The standard InChI is InChI=1S/C24H19Cl2FN4OS/c1-15-2-6-17(7-3-15)23-29-30-24(31(23)19-10-11-20(25)21(26)12-19)33-14-22(32)28-13-16-4-8-18(27)9-5-16/h2-12H,13-14H2,1H3,(H,28,32). The Morgan fingerprint density at radius 1 is 1.00 bits per heavy atom. The van der Waals surface area contributed by atoms with Gasteiger partial charge in [0, 0.05) is 12.1 Å². The van der Waals surface area contributed by atoms with Crippen molar-refractivity contribution in [3.63, 3.8) is 0 Å². The average Bonchev–Trinajstić information content (AvgIpc) is 3.23. The smallest absolute Gasteiger partial charge is 0.230 e. The van der Waals surface area contributed by atoms with Gasteiger partial charge in [-0.15, -0.1) is 10.2 Å². The summed E-state index contributed by atoms with van der Waals surface area (Å²) in [6.45, 7) is 2.33. The van der Waals surface area contributed by atoms with E-state index in [1.54, 1.807) is 24.3 Å². The Labute approximate surface area is 204 Å². The topological polar surface area (TPSA) is 59.8 Å². The molecule has 0 saturated carbocycles. The van der Waals surface area contributed by atoms with Gasteiger partial charge in [0.25, 0.3) is 0 Å². The third kappa shape index (κ3) is 5.74. The van der Waals surface area contributed by atoms with Gasteiger partial charge in [0.15, 0.2) is 11.0 Å². The van der Waals surface area contributed by atoms with Crippen molar-refractivity contribution in [2.24, 2.45) is 0 Å². The second kappa shape index (κ2) is 10.4. The van der Waals surface area contributed by atoms with E-state index in [-0.39, 0.29) is 17.5 Å². The van der Waals surface area contributed by atoms with E-state index in [2.05, 4.69) is 15.5 Å². The molecule has 0 unspecified atom stereocenters. The normalized spacial score (nSPS) is 10.9. The van der Waals surface area contributed by atoms with Crippen LogP contribution in [0, 0.1) is 12.7 Å². The van der Waals surface area contributed by atoms with Crippen molar-refractivity contribution in [2.45, 2.75) is 18.6 Å². The first-order valence-electron chi connectivity index (χ1n) is 10.0. The lowest BCUT2D eigenvalue weighted by Crippen LogP contribution is -2.24. The van der Waals surface area contributed by atoms with Crippen LogP contribution >= 0.6 is 35.0 Å². The van der Waals surface area contributed by atoms with E-state index < -0.39 is 0 Å². The molecule has 0 aliphatic carbocycles. The maximum absolute atomic E-state index is 13.0. The second-order valence-corrected chi connectivity index (χ2v) is 9.05. The number of nitrogens with one attached hydrogen (secondary N) is 1. The van der Waals surface area contributed by atoms with Crippen LogP contribution in [0.25, 0.3) is 17.1 Å². The van der Waals surface area contributed by atoms with Crippen LogP contribution in [0.4, 0.5) is 4.39 Å². The van der Waals surface area contributed by atoms with E-state index in [1.165, 1.54) is 23.9 Å². The number of aromatic nitrogens is 3. The van der Waals surface area contributed by atoms with E-state index >= 15 is 0 Å². The maximum Gasteiger partial charge on any atom is 0.230 e. The summed E-state index contributed by atoms with van der Waals surface area (Å²) in [6.07, 6.45) is 0. The SMILES string of the molecule is Cc1ccc(-c2nnc(SCC(=O)NCc3ccc(F)cc3)n2-c2ccc(Cl)c(Cl)c2)cc1. The number of thioether (sulfide) groups is 1. The number of rotatable bonds is 7. The van der Waals surface area contributed by atoms with E-state index in [0.717, 1.165) is 22.4 Å². The second-order valence-electron chi connectivity index (χ2n) is 7.30. The minimum Gasteiger partial charge on any atom is -0.351 e. The summed E-state index contributed by atoms with van der Waals surface area (Å²) in [5.74, 6) is 0.272. The number of benzene rings is 3. The highest BCUT2D eigenvalue weighted by Gasteiger charge is 2.18. The van der Waals surface area contributed by atoms with Gasteiger partial charge in [-0.3, -0.25) is 9.36 Å². The van der Waals surface area contributed by atoms with E-state index in [0.29, 0.717) is 27.6 Å². The quantitative estimate of drug-likeness (QED) is 0.311. The predicted molar refractivity (Wildman–Crippen MR) is 131 cm³/mol. The van der Waals surface area contributed by atoms with Crippen LogP contribution in [-0.2, 0) is 11.3 Å². The molecule has 0 aliphatic heterocycles. The van der Waals surface area contributed by atoms with E-state index in [4.69, 9.17) is 23.2 Å². The molecule has 4 rings (SSSR count). The highest BCUT2D eigenvalue weighted by molar-refractivity contribution is 7.99. The Hall–Kier alpha value is -2.87. The molecular weight excluding hydrogens is 482 g/mol. The fourth-order valence-corrected chi connectivity index (χ4v) is 4.17. The van der Waals surface area contributed by atoms with Crippen LogP contribution in [0.1, 0.15) is 11.1 Å². The molecule has 168 valence electrons. The van der Waals surface area contributed by atoms with E-state index in [1.807, 2.05) is 41.8 Å². The molecule has 1 aromatic heterocycles. The largest absolute Gasteiger partial charge is 0.351 e. The highest BCUT2D eigenvalue weighted by atomic mass is 35.5. The number of amides is 1. The molecule has 0 spiro atoms. The Bertz CT molecular complexity index is 1280. The molecule has 3 aromatic carbocycles. The van der Waals surface area contributed by atoms with Gasteiger partial charge >= 0.3 is 0 Å². The third-order valence-electron chi connectivity index (χ3n) is 4.84. The summed E-state index contributed by atoms with van der Waals surface area (Å²) >= 11 is 13.6. The first-order valence-corrected chi connectivity index (χ1v) is 11.8. The summed E-state index contributed by atoms with van der Waals surface area (Å²) in [7, 11) is 0. The lowest BCUT2D eigenvalue weighted by atomic mass is 10.1. The molecule has 0 fully saturated rings. The Kier molecular flexibility index (Phi) is 7.33. The summed E-state index contributed by atoms with van der Waals surface area (Å²) < 4.78 is 14.9. The molecule has 0 bridgehead atoms. The molecular formula is C24H19Cl2FN4OS. The lowest BCUT2D eigenvalue weighted by molar-refractivity contribution is -0.118. The molecule has 5 nitrogen and oxygen atoms in total. The van der Waals surface area contributed by atoms with Crippen molar-refractivity contribution < 1.29 is 9.18 Å². The molecule has 0 atom stereocenters. The number of hydrogen-bond acceptors (Lipinski definition) is 4. The molecule has 0 aliphatic rings. The van der Waals surface area contributed by atoms with Crippen molar-refractivity contribution in [3.8, 4) is 17.1 Å². The van der Waals surface area contributed by atoms with E-state index in [9.17, 15) is 9.18 Å². The summed E-state index contributed by atoms with van der Waals surface area (Å²) in [6, 6.07) is 19.2. The van der Waals surface area contributed by atoms with Crippen molar-refractivity contribution in [1.82, 2.24) is 20.1 Å². The maximum atomic E-state index is 13.0. The van der Waals surface area contributed by atoms with Gasteiger partial charge in [0.1, 0.15) is 5.82 Å². The minimum atomic E-state index is -0.313. The van der Waals surface area contributed by atoms with Gasteiger partial charge < -0.3 is 5.32 Å². The number of halogens is 3. The molecule has 9 heteroatoms. The first kappa shape index (κ1) is 23.3. The van der Waals surface area contributed by atoms with Crippen LogP contribution in [0.2, 0.25) is 10.0 Å². The molecule has 4 aromatic rings. The number of hydrogen-bond donors (Lipinski definition) is 1. The molecule has 1 N–H and O–H groups in total. The van der Waals surface area contributed by atoms with Crippen molar-refractivity contribution in [1.29, 1.82) is 0 Å². The zero-order chi connectivity index (χ0) is 23.4. The molecule has 1 amide bonds. The van der Waals surface area contributed by atoms with Crippen LogP contribution in [0.15, 0.2) is 71.9 Å². The van der Waals surface area contributed by atoms with Crippen molar-refractivity contribution in [3.05, 3.63) is 93.7 Å². The van der Waals surface area contributed by atoms with Crippen LogP contribution in [-0.4, -0.2) is 26.4 Å². The number of carbonyl (C=O) groups excluding carboxylic acids is 1. The third-order valence-corrected chi connectivity index (χ3v) is 6.51. The minimum absolute atomic E-state index is 0.133. The lowest BCUT2D eigenvalue weighted by Gasteiger charge is -2.12. The first-order chi connectivity index (χ1) is 15.9. The predicted octanol–water partition coefficient (Wildman–Crippen LogP) is 6.10. The van der Waals surface area contributed by atoms with Crippen LogP contribution in [0.5, 0.6) is 0 Å². The van der Waals surface area contributed by atoms with Gasteiger partial charge in [0.05, 0.1) is 21.5 Å². The van der Waals surface area contributed by atoms with Gasteiger partial charge in [0.2, 0.25) is 5.91 Å². The highest BCUT2D eigenvalue weighted by Crippen LogP contribution is 2.31. The Morgan fingerprint density at radius 2 is 1.73 bits per heavy atom. The number of aryl methyl sites for hydroxylation is 1. The Morgan fingerprint density at radius 3 is 2.42 bits per heavy atom. The monoisotopic (exact) mass is 500 g/mol. The van der Waals surface area contributed by atoms with Gasteiger partial charge in [-0.1, -0.05) is 76.9 Å². The van der Waals surface area contributed by atoms with Gasteiger partial charge in [-0.25, -0.2) is 4.39 Å². The molecule has 33 heavy (non-hydrogen) atoms. The van der Waals surface area contributed by atoms with Gasteiger partial charge in [-0.05, 0) is 42.8 Å². The fraction of sp³-hybridized carbons (Fsp3) is 0.125. The Balaban J connectivity index is 1.55. The molecule has 0 radical (unpaired) electrons. The van der Waals surface area contributed by atoms with Crippen LogP contribution < -0.4 is 5.32 Å². The van der Waals surface area contributed by atoms with Crippen LogP contribution in [0.3, 0.4) is 0 Å². The zero-order valence-corrected chi connectivity index (χ0v) is 19.9. The zero-order valence-electron chi connectivity index (χ0n) is 17.6. The van der Waals surface area contributed by atoms with Crippen molar-refractivity contribution in [2.75, 3.05) is 5.75 Å². The fourth-order valence-electron chi connectivity index (χ4n) is 3.09. The number of carbonyl (C=O) groups is 1. The van der Waals surface area contributed by atoms with Crippen molar-refractivity contribution >= 4 is 40.9 Å².